The van der Waals surface area contributed by atoms with Crippen molar-refractivity contribution in [3.05, 3.63) is 34.4 Å². The van der Waals surface area contributed by atoms with E-state index in [4.69, 9.17) is 12.2 Å². The summed E-state index contributed by atoms with van der Waals surface area (Å²) in [6.07, 6.45) is 0. The van der Waals surface area contributed by atoms with Gasteiger partial charge in [0.1, 0.15) is 4.99 Å². The molecule has 0 saturated carbocycles. The van der Waals surface area contributed by atoms with Crippen molar-refractivity contribution >= 4 is 17.2 Å². The van der Waals surface area contributed by atoms with Crippen LogP contribution in [-0.4, -0.2) is 16.9 Å². The van der Waals surface area contributed by atoms with Gasteiger partial charge in [0.25, 0.3) is 0 Å². The van der Waals surface area contributed by atoms with Gasteiger partial charge in [-0.15, -0.1) is 0 Å². The summed E-state index contributed by atoms with van der Waals surface area (Å²) in [4.78, 5) is 3.14. The number of hydrogen-bond donors (Lipinski definition) is 0. The van der Waals surface area contributed by atoms with Crippen LogP contribution in [-0.2, 0) is 6.54 Å². The van der Waals surface area contributed by atoms with E-state index in [1.807, 2.05) is 0 Å². The summed E-state index contributed by atoms with van der Waals surface area (Å²) in [5.41, 5.74) is 5.35. The van der Waals surface area contributed by atoms with E-state index in [0.29, 0.717) is 0 Å². The van der Waals surface area contributed by atoms with Crippen LogP contribution in [0.15, 0.2) is 12.1 Å². The fourth-order valence-electron chi connectivity index (χ4n) is 1.87. The molecule has 0 N–H and O–H groups in total. The van der Waals surface area contributed by atoms with Crippen LogP contribution in [0.3, 0.4) is 0 Å². The van der Waals surface area contributed by atoms with E-state index in [1.165, 1.54) is 22.3 Å². The smallest absolute Gasteiger partial charge is 0.109 e. The monoisotopic (exact) mass is 191 g/mol. The Morgan fingerprint density at radius 2 is 1.85 bits per heavy atom. The summed E-state index contributed by atoms with van der Waals surface area (Å²) >= 11 is 5.37. The van der Waals surface area contributed by atoms with Gasteiger partial charge in [-0.25, -0.2) is 0 Å². The minimum atomic E-state index is 0.974. The Bertz CT molecular complexity index is 382. The minimum Gasteiger partial charge on any atom is -0.361 e. The zero-order chi connectivity index (χ0) is 9.59. The molecule has 0 bridgehead atoms. The van der Waals surface area contributed by atoms with Gasteiger partial charge in [0, 0.05) is 19.2 Å². The van der Waals surface area contributed by atoms with Crippen molar-refractivity contribution in [1.29, 1.82) is 0 Å². The van der Waals surface area contributed by atoms with E-state index in [2.05, 4.69) is 37.9 Å². The molecule has 13 heavy (non-hydrogen) atoms. The Morgan fingerprint density at radius 3 is 2.46 bits per heavy atom. The molecule has 0 unspecified atom stereocenters. The molecule has 1 aliphatic rings. The molecule has 1 aliphatic heterocycles. The molecule has 0 fully saturated rings. The normalized spacial score (nSPS) is 15.0. The van der Waals surface area contributed by atoms with E-state index in [1.54, 1.807) is 0 Å². The first kappa shape index (κ1) is 8.70. The number of fused-ring (bicyclic) bond motifs is 1. The summed E-state index contributed by atoms with van der Waals surface area (Å²) in [6, 6.07) is 4.33. The second kappa shape index (κ2) is 2.81. The highest BCUT2D eigenvalue weighted by molar-refractivity contribution is 7.80. The molecule has 0 radical (unpaired) electrons. The van der Waals surface area contributed by atoms with Crippen LogP contribution in [0.25, 0.3) is 0 Å². The highest BCUT2D eigenvalue weighted by atomic mass is 32.1. The first-order chi connectivity index (χ1) is 6.11. The van der Waals surface area contributed by atoms with Gasteiger partial charge in [-0.05, 0) is 30.5 Å². The van der Waals surface area contributed by atoms with Crippen molar-refractivity contribution in [3.8, 4) is 0 Å². The average molecular weight is 191 g/mol. The van der Waals surface area contributed by atoms with Gasteiger partial charge in [-0.3, -0.25) is 0 Å². The Balaban J connectivity index is 2.68. The van der Waals surface area contributed by atoms with Gasteiger partial charge < -0.3 is 4.90 Å². The average Bonchev–Trinajstić information content (AvgIpc) is 2.38. The molecule has 0 aromatic heterocycles. The summed E-state index contributed by atoms with van der Waals surface area (Å²) in [5.74, 6) is 0. The molecule has 1 aromatic carbocycles. The molecular formula is C11H13NS. The molecule has 0 saturated heterocycles. The molecule has 68 valence electrons. The number of nitrogens with zero attached hydrogens (tertiary/aromatic N) is 1. The first-order valence-corrected chi connectivity index (χ1v) is 4.86. The fraction of sp³-hybridized carbons (Fsp3) is 0.364. The Hall–Kier alpha value is -0.890. The largest absolute Gasteiger partial charge is 0.361 e. The highest BCUT2D eigenvalue weighted by Crippen LogP contribution is 2.27. The third-order valence-corrected chi connectivity index (χ3v) is 3.23. The van der Waals surface area contributed by atoms with Crippen molar-refractivity contribution < 1.29 is 0 Å². The van der Waals surface area contributed by atoms with Crippen molar-refractivity contribution in [2.45, 2.75) is 20.4 Å². The number of hydrogen-bond acceptors (Lipinski definition) is 1. The molecule has 0 amide bonds. The third-order valence-electron chi connectivity index (χ3n) is 2.71. The molecule has 2 heteroatoms. The lowest BCUT2D eigenvalue weighted by atomic mass is 10.0. The molecular weight excluding hydrogens is 178 g/mol. The van der Waals surface area contributed by atoms with Crippen LogP contribution in [0.2, 0.25) is 0 Å². The second-order valence-corrected chi connectivity index (χ2v) is 4.10. The van der Waals surface area contributed by atoms with E-state index in [9.17, 15) is 0 Å². The summed E-state index contributed by atoms with van der Waals surface area (Å²) < 4.78 is 0. The van der Waals surface area contributed by atoms with Crippen LogP contribution in [0.5, 0.6) is 0 Å². The molecule has 0 spiro atoms. The number of rotatable bonds is 0. The quantitative estimate of drug-likeness (QED) is 0.579. The Morgan fingerprint density at radius 1 is 1.23 bits per heavy atom. The SMILES string of the molecule is Cc1ccc(C)c2c1CN(C)C2=S. The third kappa shape index (κ3) is 1.17. The predicted molar refractivity (Wildman–Crippen MR) is 59.1 cm³/mol. The van der Waals surface area contributed by atoms with Crippen molar-refractivity contribution in [1.82, 2.24) is 4.90 Å². The van der Waals surface area contributed by atoms with Crippen molar-refractivity contribution in [2.75, 3.05) is 7.05 Å². The van der Waals surface area contributed by atoms with Crippen LogP contribution >= 0.6 is 12.2 Å². The van der Waals surface area contributed by atoms with Crippen molar-refractivity contribution in [2.24, 2.45) is 0 Å². The highest BCUT2D eigenvalue weighted by Gasteiger charge is 2.23. The fourth-order valence-corrected chi connectivity index (χ4v) is 2.22. The maximum Gasteiger partial charge on any atom is 0.109 e. The van der Waals surface area contributed by atoms with Gasteiger partial charge >= 0.3 is 0 Å². The number of aryl methyl sites for hydroxylation is 2. The lowest BCUT2D eigenvalue weighted by molar-refractivity contribution is 0.531. The Labute approximate surface area is 84.4 Å². The van der Waals surface area contributed by atoms with E-state index in [-0.39, 0.29) is 0 Å². The van der Waals surface area contributed by atoms with Gasteiger partial charge in [0.2, 0.25) is 0 Å². The molecule has 0 atom stereocenters. The maximum atomic E-state index is 5.37. The Kier molecular flexibility index (Phi) is 1.88. The van der Waals surface area contributed by atoms with E-state index >= 15 is 0 Å². The number of benzene rings is 1. The molecule has 2 rings (SSSR count). The molecule has 1 nitrogen and oxygen atoms in total. The van der Waals surface area contributed by atoms with Crippen LogP contribution in [0.4, 0.5) is 0 Å². The molecule has 1 heterocycles. The van der Waals surface area contributed by atoms with E-state index in [0.717, 1.165) is 11.5 Å². The van der Waals surface area contributed by atoms with Gasteiger partial charge in [0.05, 0.1) is 0 Å². The molecule has 0 aliphatic carbocycles. The van der Waals surface area contributed by atoms with Crippen LogP contribution < -0.4 is 0 Å². The van der Waals surface area contributed by atoms with Crippen LogP contribution in [0.1, 0.15) is 22.3 Å². The predicted octanol–water partition coefficient (Wildman–Crippen LogP) is 2.42. The van der Waals surface area contributed by atoms with Gasteiger partial charge in [-0.1, -0.05) is 24.4 Å². The zero-order valence-electron chi connectivity index (χ0n) is 8.22. The summed E-state index contributed by atoms with van der Waals surface area (Å²) in [7, 11) is 2.06. The standard InChI is InChI=1S/C11H13NS/c1-7-4-5-8(2)10-9(7)6-12(3)11(10)13/h4-5H,6H2,1-3H3. The minimum absolute atomic E-state index is 0.974. The van der Waals surface area contributed by atoms with Gasteiger partial charge in [-0.2, -0.15) is 0 Å². The lowest BCUT2D eigenvalue weighted by Crippen LogP contribution is -2.16. The first-order valence-electron chi connectivity index (χ1n) is 4.46. The van der Waals surface area contributed by atoms with Crippen molar-refractivity contribution in [3.63, 3.8) is 0 Å². The zero-order valence-corrected chi connectivity index (χ0v) is 9.03. The second-order valence-electron chi connectivity index (χ2n) is 3.71. The van der Waals surface area contributed by atoms with E-state index < -0.39 is 0 Å². The molecule has 1 aromatic rings. The van der Waals surface area contributed by atoms with Gasteiger partial charge in [0.15, 0.2) is 0 Å². The topological polar surface area (TPSA) is 3.24 Å². The van der Waals surface area contributed by atoms with Crippen LogP contribution in [0, 0.1) is 13.8 Å². The lowest BCUT2D eigenvalue weighted by Gasteiger charge is -2.08. The maximum absolute atomic E-state index is 5.37. The number of thiocarbonyl (C=S) groups is 1. The summed E-state index contributed by atoms with van der Waals surface area (Å²) in [5, 5.41) is 0. The summed E-state index contributed by atoms with van der Waals surface area (Å²) in [6.45, 7) is 5.26.